The Morgan fingerprint density at radius 1 is 0.786 bits per heavy atom. The van der Waals surface area contributed by atoms with Crippen molar-refractivity contribution in [2.45, 2.75) is 19.7 Å². The van der Waals surface area contributed by atoms with E-state index < -0.39 is 0 Å². The van der Waals surface area contributed by atoms with Gasteiger partial charge in [0.1, 0.15) is 19.7 Å². The van der Waals surface area contributed by atoms with Gasteiger partial charge < -0.3 is 24.3 Å². The number of rotatable bonds is 8. The summed E-state index contributed by atoms with van der Waals surface area (Å²) in [6.45, 7) is 2.54. The van der Waals surface area contributed by atoms with Crippen LogP contribution >= 0.6 is 0 Å². The summed E-state index contributed by atoms with van der Waals surface area (Å²) in [6, 6.07) is 22.3. The highest BCUT2D eigenvalue weighted by atomic mass is 16.7. The van der Waals surface area contributed by atoms with Crippen LogP contribution in [0, 0.1) is 0 Å². The van der Waals surface area contributed by atoms with Crippen molar-refractivity contribution in [3.05, 3.63) is 83.4 Å². The molecule has 3 aromatic rings. The molecule has 2 N–H and O–H groups in total. The van der Waals surface area contributed by atoms with Crippen molar-refractivity contribution in [3.8, 4) is 23.0 Å². The molecule has 0 saturated heterocycles. The van der Waals surface area contributed by atoms with Crippen molar-refractivity contribution in [1.29, 1.82) is 0 Å². The SMILES string of the molecule is COc1cc(C[NH2+]Cc2ccc3c(c2)OCO3)ccc1OCc1ccccc1. The summed E-state index contributed by atoms with van der Waals surface area (Å²) in [6.07, 6.45) is 0. The molecule has 1 heterocycles. The third-order valence-corrected chi connectivity index (χ3v) is 4.66. The average molecular weight is 378 g/mol. The first-order valence-corrected chi connectivity index (χ1v) is 9.35. The predicted octanol–water partition coefficient (Wildman–Crippen LogP) is 3.27. The van der Waals surface area contributed by atoms with E-state index in [1.807, 2.05) is 54.6 Å². The number of quaternary nitrogens is 1. The predicted molar refractivity (Wildman–Crippen MR) is 106 cm³/mol. The Balaban J connectivity index is 1.33. The Bertz CT molecular complexity index is 927. The maximum atomic E-state index is 5.92. The van der Waals surface area contributed by atoms with Crippen molar-refractivity contribution < 1.29 is 24.3 Å². The zero-order valence-electron chi connectivity index (χ0n) is 15.9. The van der Waals surface area contributed by atoms with Crippen molar-refractivity contribution in [2.24, 2.45) is 0 Å². The summed E-state index contributed by atoms with van der Waals surface area (Å²) in [7, 11) is 1.67. The van der Waals surface area contributed by atoms with Crippen molar-refractivity contribution in [2.75, 3.05) is 13.9 Å². The third kappa shape index (κ3) is 4.38. The molecule has 3 aromatic carbocycles. The topological polar surface area (TPSA) is 53.5 Å². The Hall–Kier alpha value is -3.18. The number of nitrogens with two attached hydrogens (primary N) is 1. The molecule has 0 fully saturated rings. The van der Waals surface area contributed by atoms with Gasteiger partial charge in [-0.2, -0.15) is 0 Å². The first-order valence-electron chi connectivity index (χ1n) is 9.35. The molecular weight excluding hydrogens is 354 g/mol. The largest absolute Gasteiger partial charge is 0.493 e. The van der Waals surface area contributed by atoms with Crippen LogP contribution in [-0.4, -0.2) is 13.9 Å². The monoisotopic (exact) mass is 378 g/mol. The Morgan fingerprint density at radius 3 is 2.36 bits per heavy atom. The van der Waals surface area contributed by atoms with E-state index in [2.05, 4.69) is 17.4 Å². The molecule has 0 unspecified atom stereocenters. The van der Waals surface area contributed by atoms with Gasteiger partial charge in [0.25, 0.3) is 0 Å². The van der Waals surface area contributed by atoms with Gasteiger partial charge in [0.2, 0.25) is 6.79 Å². The zero-order chi connectivity index (χ0) is 19.2. The molecule has 0 amide bonds. The van der Waals surface area contributed by atoms with Gasteiger partial charge in [-0.15, -0.1) is 0 Å². The molecule has 1 aliphatic rings. The Kier molecular flexibility index (Phi) is 5.64. The minimum atomic E-state index is 0.307. The van der Waals surface area contributed by atoms with Gasteiger partial charge in [0, 0.05) is 11.1 Å². The van der Waals surface area contributed by atoms with Crippen LogP contribution < -0.4 is 24.3 Å². The van der Waals surface area contributed by atoms with Crippen LogP contribution in [0.4, 0.5) is 0 Å². The lowest BCUT2D eigenvalue weighted by molar-refractivity contribution is -0.686. The van der Waals surface area contributed by atoms with Gasteiger partial charge in [-0.1, -0.05) is 30.3 Å². The van der Waals surface area contributed by atoms with Crippen LogP contribution in [0.25, 0.3) is 0 Å². The van der Waals surface area contributed by atoms with Gasteiger partial charge >= 0.3 is 0 Å². The van der Waals surface area contributed by atoms with Crippen LogP contribution in [-0.2, 0) is 19.7 Å². The highest BCUT2D eigenvalue weighted by molar-refractivity contribution is 5.44. The molecule has 28 heavy (non-hydrogen) atoms. The number of fused-ring (bicyclic) bond motifs is 1. The first kappa shape index (κ1) is 18.2. The molecule has 0 aromatic heterocycles. The molecule has 144 valence electrons. The molecule has 4 rings (SSSR count). The summed E-state index contributed by atoms with van der Waals surface area (Å²) in [5.41, 5.74) is 3.52. The molecule has 0 saturated carbocycles. The second-order valence-electron chi connectivity index (χ2n) is 6.64. The van der Waals surface area contributed by atoms with E-state index in [0.29, 0.717) is 13.4 Å². The third-order valence-electron chi connectivity index (χ3n) is 4.66. The molecule has 5 nitrogen and oxygen atoms in total. The minimum Gasteiger partial charge on any atom is -0.493 e. The van der Waals surface area contributed by atoms with Crippen molar-refractivity contribution in [3.63, 3.8) is 0 Å². The van der Waals surface area contributed by atoms with E-state index in [0.717, 1.165) is 41.7 Å². The van der Waals surface area contributed by atoms with Gasteiger partial charge in [0.15, 0.2) is 23.0 Å². The van der Waals surface area contributed by atoms with Gasteiger partial charge in [-0.25, -0.2) is 0 Å². The molecule has 0 spiro atoms. The molecule has 0 aliphatic carbocycles. The zero-order valence-corrected chi connectivity index (χ0v) is 15.9. The highest BCUT2D eigenvalue weighted by Gasteiger charge is 2.13. The van der Waals surface area contributed by atoms with Crippen LogP contribution in [0.5, 0.6) is 23.0 Å². The maximum Gasteiger partial charge on any atom is 0.231 e. The first-order chi connectivity index (χ1) is 13.8. The van der Waals surface area contributed by atoms with Crippen molar-refractivity contribution in [1.82, 2.24) is 0 Å². The molecular formula is C23H24NO4+. The molecule has 0 atom stereocenters. The molecule has 0 bridgehead atoms. The lowest BCUT2D eigenvalue weighted by atomic mass is 10.1. The number of hydrogen-bond acceptors (Lipinski definition) is 4. The van der Waals surface area contributed by atoms with Gasteiger partial charge in [-0.05, 0) is 42.0 Å². The van der Waals surface area contributed by atoms with Gasteiger partial charge in [-0.3, -0.25) is 0 Å². The average Bonchev–Trinajstić information content (AvgIpc) is 3.21. The van der Waals surface area contributed by atoms with E-state index in [4.69, 9.17) is 18.9 Å². The lowest BCUT2D eigenvalue weighted by Gasteiger charge is -2.12. The molecule has 1 aliphatic heterocycles. The van der Waals surface area contributed by atoms with Crippen LogP contribution in [0.2, 0.25) is 0 Å². The maximum absolute atomic E-state index is 5.92. The van der Waals surface area contributed by atoms with Crippen LogP contribution in [0.1, 0.15) is 16.7 Å². The number of benzene rings is 3. The second-order valence-corrected chi connectivity index (χ2v) is 6.64. The van der Waals surface area contributed by atoms with Gasteiger partial charge in [0.05, 0.1) is 7.11 Å². The van der Waals surface area contributed by atoms with Crippen molar-refractivity contribution >= 4 is 0 Å². The quantitative estimate of drug-likeness (QED) is 0.654. The number of hydrogen-bond donors (Lipinski definition) is 1. The Morgan fingerprint density at radius 2 is 1.54 bits per heavy atom. The standard InChI is InChI=1S/C23H23NO4/c1-25-22-11-18(7-9-20(22)26-15-17-5-3-2-4-6-17)13-24-14-19-8-10-21-23(12-19)28-16-27-21/h2-12,24H,13-16H2,1H3/p+1. The minimum absolute atomic E-state index is 0.307. The summed E-state index contributed by atoms with van der Waals surface area (Å²) in [4.78, 5) is 0. The van der Waals surface area contributed by atoms with Crippen LogP contribution in [0.3, 0.4) is 0 Å². The summed E-state index contributed by atoms with van der Waals surface area (Å²) in [5.74, 6) is 3.16. The fraction of sp³-hybridized carbons (Fsp3) is 0.217. The second kappa shape index (κ2) is 8.67. The summed E-state index contributed by atoms with van der Waals surface area (Å²) >= 11 is 0. The summed E-state index contributed by atoms with van der Waals surface area (Å²) < 4.78 is 22.2. The Labute approximate surface area is 164 Å². The van der Waals surface area contributed by atoms with Crippen LogP contribution in [0.15, 0.2) is 66.7 Å². The molecule has 0 radical (unpaired) electrons. The lowest BCUT2D eigenvalue weighted by Crippen LogP contribution is -2.80. The van der Waals surface area contributed by atoms with E-state index in [9.17, 15) is 0 Å². The van der Waals surface area contributed by atoms with E-state index >= 15 is 0 Å². The normalized spacial score (nSPS) is 12.0. The fourth-order valence-electron chi connectivity index (χ4n) is 3.17. The fourth-order valence-corrected chi connectivity index (χ4v) is 3.17. The highest BCUT2D eigenvalue weighted by Crippen LogP contribution is 2.32. The number of ether oxygens (including phenoxy) is 4. The van der Waals surface area contributed by atoms with E-state index in [-0.39, 0.29) is 0 Å². The smallest absolute Gasteiger partial charge is 0.231 e. The summed E-state index contributed by atoms with van der Waals surface area (Å²) in [5, 5.41) is 2.25. The van der Waals surface area contributed by atoms with E-state index in [1.54, 1.807) is 7.11 Å². The molecule has 5 heteroatoms. The number of methoxy groups -OCH3 is 1. The van der Waals surface area contributed by atoms with E-state index in [1.165, 1.54) is 11.1 Å².